The number of amides is 1. The summed E-state index contributed by atoms with van der Waals surface area (Å²) in [5.74, 6) is -1.80. The van der Waals surface area contributed by atoms with Gasteiger partial charge in [0.15, 0.2) is 0 Å². The van der Waals surface area contributed by atoms with Crippen LogP contribution in [0.2, 0.25) is 0 Å². The van der Waals surface area contributed by atoms with Crippen LogP contribution in [0.3, 0.4) is 0 Å². The van der Waals surface area contributed by atoms with Crippen molar-refractivity contribution >= 4 is 11.6 Å². The molecule has 1 aromatic carbocycles. The number of carbonyl (C=O) groups excluding carboxylic acids is 1. The molecule has 0 radical (unpaired) electrons. The van der Waals surface area contributed by atoms with Gasteiger partial charge in [-0.2, -0.15) is 13.2 Å². The number of anilines is 1. The van der Waals surface area contributed by atoms with Gasteiger partial charge in [0.05, 0.1) is 5.56 Å². The van der Waals surface area contributed by atoms with Crippen molar-refractivity contribution in [1.82, 2.24) is 5.32 Å². The van der Waals surface area contributed by atoms with Crippen molar-refractivity contribution in [2.75, 3.05) is 11.9 Å². The molecule has 1 aromatic rings. The highest BCUT2D eigenvalue weighted by molar-refractivity contribution is 5.90. The summed E-state index contributed by atoms with van der Waals surface area (Å²) < 4.78 is 50.7. The van der Waals surface area contributed by atoms with Gasteiger partial charge in [-0.3, -0.25) is 4.79 Å². The van der Waals surface area contributed by atoms with Gasteiger partial charge in [-0.1, -0.05) is 0 Å². The van der Waals surface area contributed by atoms with Crippen LogP contribution in [0.4, 0.5) is 23.2 Å². The van der Waals surface area contributed by atoms with E-state index in [0.29, 0.717) is 18.7 Å². The number of carbonyl (C=O) groups is 1. The van der Waals surface area contributed by atoms with Gasteiger partial charge in [0.25, 0.3) is 0 Å². The van der Waals surface area contributed by atoms with E-state index in [1.54, 1.807) is 0 Å². The smallest absolute Gasteiger partial charge is 0.326 e. The van der Waals surface area contributed by atoms with Crippen LogP contribution in [0.15, 0.2) is 18.2 Å². The Kier molecular flexibility index (Phi) is 5.33. The van der Waals surface area contributed by atoms with Crippen LogP contribution in [-0.2, 0) is 11.0 Å². The molecule has 0 aromatic heterocycles. The molecule has 1 amide bonds. The topological polar surface area (TPSA) is 41.1 Å². The van der Waals surface area contributed by atoms with Crippen molar-refractivity contribution in [3.63, 3.8) is 0 Å². The second-order valence-corrected chi connectivity index (χ2v) is 5.67. The van der Waals surface area contributed by atoms with Gasteiger partial charge >= 0.3 is 6.18 Å². The fraction of sp³-hybridized carbons (Fsp3) is 0.500. The summed E-state index contributed by atoms with van der Waals surface area (Å²) in [6.07, 6.45) is -4.69. The summed E-state index contributed by atoms with van der Waals surface area (Å²) in [7, 11) is 0. The van der Waals surface area contributed by atoms with Crippen molar-refractivity contribution in [2.24, 2.45) is 0 Å². The van der Waals surface area contributed by atoms with Crippen LogP contribution in [-0.4, -0.2) is 18.0 Å². The van der Waals surface area contributed by atoms with E-state index in [1.807, 2.05) is 20.8 Å². The standard InChI is InChI=1S/C14H18F4N2O/c1-13(2,3)19-7-6-12(21)20-9-4-5-11(15)10(8-9)14(16,17)18/h4-5,8,19H,6-7H2,1-3H3,(H,20,21). The van der Waals surface area contributed by atoms with Crippen LogP contribution in [0.25, 0.3) is 0 Å². The summed E-state index contributed by atoms with van der Waals surface area (Å²) in [5, 5.41) is 5.40. The Balaban J connectivity index is 2.65. The quantitative estimate of drug-likeness (QED) is 0.835. The van der Waals surface area contributed by atoms with E-state index in [4.69, 9.17) is 0 Å². The average molecular weight is 306 g/mol. The fourth-order valence-electron chi connectivity index (χ4n) is 1.59. The first-order chi connectivity index (χ1) is 9.49. The van der Waals surface area contributed by atoms with Crippen molar-refractivity contribution in [1.29, 1.82) is 0 Å². The molecule has 0 atom stereocenters. The fourth-order valence-corrected chi connectivity index (χ4v) is 1.59. The van der Waals surface area contributed by atoms with Gasteiger partial charge in [-0.05, 0) is 39.0 Å². The zero-order chi connectivity index (χ0) is 16.3. The molecule has 2 N–H and O–H groups in total. The van der Waals surface area contributed by atoms with Gasteiger partial charge < -0.3 is 10.6 Å². The lowest BCUT2D eigenvalue weighted by atomic mass is 10.1. The molecule has 7 heteroatoms. The molecular formula is C14H18F4N2O. The molecule has 0 unspecified atom stereocenters. The summed E-state index contributed by atoms with van der Waals surface area (Å²) in [6, 6.07) is 2.37. The lowest BCUT2D eigenvalue weighted by Gasteiger charge is -2.20. The van der Waals surface area contributed by atoms with Crippen molar-refractivity contribution in [3.05, 3.63) is 29.6 Å². The number of benzene rings is 1. The van der Waals surface area contributed by atoms with Gasteiger partial charge in [0.1, 0.15) is 5.82 Å². The minimum atomic E-state index is -4.79. The maximum atomic E-state index is 13.1. The molecule has 3 nitrogen and oxygen atoms in total. The highest BCUT2D eigenvalue weighted by Crippen LogP contribution is 2.32. The highest BCUT2D eigenvalue weighted by atomic mass is 19.4. The summed E-state index contributed by atoms with van der Waals surface area (Å²) >= 11 is 0. The summed E-state index contributed by atoms with van der Waals surface area (Å²) in [6.45, 7) is 6.18. The molecular weight excluding hydrogens is 288 g/mol. The zero-order valence-electron chi connectivity index (χ0n) is 12.1. The molecule has 0 aliphatic carbocycles. The number of halogens is 4. The maximum absolute atomic E-state index is 13.1. The van der Waals surface area contributed by atoms with Crippen molar-refractivity contribution in [3.8, 4) is 0 Å². The van der Waals surface area contributed by atoms with E-state index in [1.165, 1.54) is 0 Å². The Morgan fingerprint density at radius 3 is 2.33 bits per heavy atom. The predicted molar refractivity (Wildman–Crippen MR) is 72.4 cm³/mol. The average Bonchev–Trinajstić information content (AvgIpc) is 2.28. The number of nitrogens with one attached hydrogen (secondary N) is 2. The van der Waals surface area contributed by atoms with Crippen LogP contribution >= 0.6 is 0 Å². The molecule has 0 fully saturated rings. The molecule has 0 saturated heterocycles. The van der Waals surface area contributed by atoms with Crippen molar-refractivity contribution < 1.29 is 22.4 Å². The monoisotopic (exact) mass is 306 g/mol. The number of hydrogen-bond donors (Lipinski definition) is 2. The predicted octanol–water partition coefficient (Wildman–Crippen LogP) is 3.56. The zero-order valence-corrected chi connectivity index (χ0v) is 12.1. The van der Waals surface area contributed by atoms with E-state index < -0.39 is 23.5 Å². The number of rotatable bonds is 4. The first-order valence-corrected chi connectivity index (χ1v) is 6.41. The van der Waals surface area contributed by atoms with Gasteiger partial charge in [0, 0.05) is 24.2 Å². The first kappa shape index (κ1) is 17.4. The second kappa shape index (κ2) is 6.43. The lowest BCUT2D eigenvalue weighted by molar-refractivity contribution is -0.140. The Morgan fingerprint density at radius 2 is 1.81 bits per heavy atom. The van der Waals surface area contributed by atoms with E-state index in [-0.39, 0.29) is 17.6 Å². The molecule has 1 rings (SSSR count). The minimum Gasteiger partial charge on any atom is -0.326 e. The van der Waals surface area contributed by atoms with Crippen molar-refractivity contribution in [2.45, 2.75) is 38.9 Å². The first-order valence-electron chi connectivity index (χ1n) is 6.41. The van der Waals surface area contributed by atoms with Crippen LogP contribution < -0.4 is 10.6 Å². The molecule has 118 valence electrons. The van der Waals surface area contributed by atoms with Crippen LogP contribution in [0, 0.1) is 5.82 Å². The van der Waals surface area contributed by atoms with Gasteiger partial charge in [-0.25, -0.2) is 4.39 Å². The Hall–Kier alpha value is -1.63. The SMILES string of the molecule is CC(C)(C)NCCC(=O)Nc1ccc(F)c(C(F)(F)F)c1. The van der Waals surface area contributed by atoms with Gasteiger partial charge in [-0.15, -0.1) is 0 Å². The van der Waals surface area contributed by atoms with Gasteiger partial charge in [0.2, 0.25) is 5.91 Å². The molecule has 0 bridgehead atoms. The molecule has 0 saturated carbocycles. The third kappa shape index (κ3) is 6.12. The number of alkyl halides is 3. The third-order valence-corrected chi connectivity index (χ3v) is 2.56. The van der Waals surface area contributed by atoms with E-state index in [0.717, 1.165) is 6.07 Å². The third-order valence-electron chi connectivity index (χ3n) is 2.56. The summed E-state index contributed by atoms with van der Waals surface area (Å²) in [4.78, 5) is 11.6. The van der Waals surface area contributed by atoms with E-state index >= 15 is 0 Å². The Morgan fingerprint density at radius 1 is 1.19 bits per heavy atom. The molecule has 0 spiro atoms. The molecule has 21 heavy (non-hydrogen) atoms. The molecule has 0 heterocycles. The largest absolute Gasteiger partial charge is 0.419 e. The second-order valence-electron chi connectivity index (χ2n) is 5.67. The summed E-state index contributed by atoms with van der Waals surface area (Å²) in [5.41, 5.74) is -1.63. The minimum absolute atomic E-state index is 0.0792. The van der Waals surface area contributed by atoms with Crippen LogP contribution in [0.1, 0.15) is 32.8 Å². The number of hydrogen-bond acceptors (Lipinski definition) is 2. The van der Waals surface area contributed by atoms with E-state index in [9.17, 15) is 22.4 Å². The highest BCUT2D eigenvalue weighted by Gasteiger charge is 2.34. The van der Waals surface area contributed by atoms with E-state index in [2.05, 4.69) is 10.6 Å². The normalized spacial score (nSPS) is 12.3. The molecule has 0 aliphatic rings. The lowest BCUT2D eigenvalue weighted by Crippen LogP contribution is -2.37. The Labute approximate surface area is 120 Å². The molecule has 0 aliphatic heterocycles. The Bertz CT molecular complexity index is 507. The van der Waals surface area contributed by atoms with Crippen LogP contribution in [0.5, 0.6) is 0 Å². The maximum Gasteiger partial charge on any atom is 0.419 e.